The van der Waals surface area contributed by atoms with Crippen molar-refractivity contribution in [1.29, 1.82) is 0 Å². The Morgan fingerprint density at radius 1 is 1.00 bits per heavy atom. The number of piperidine rings is 1. The first-order valence-electron chi connectivity index (χ1n) is 13.1. The second-order valence-corrected chi connectivity index (χ2v) is 10.7. The van der Waals surface area contributed by atoms with E-state index in [1.54, 1.807) is 18.2 Å². The standard InChI is InChI=1S/C29H35N3O4/c1-19-12-20(2)16-31(15-19)17-23-7-4-3-6-22(23)14-30-27(33)21-9-10-25-26(13-21)29(35)32(28(25)34)18-24-8-5-11-36-24/h3-4,6-7,9-10,13,19-20,24H,5,8,11-12,14-18H2,1-2H3,(H,30,33)/t19-,20-,24-/m1/s1. The van der Waals surface area contributed by atoms with Gasteiger partial charge >= 0.3 is 0 Å². The summed E-state index contributed by atoms with van der Waals surface area (Å²) in [7, 11) is 0. The third-order valence-electron chi connectivity index (χ3n) is 7.54. The molecular formula is C29H35N3O4. The molecule has 3 aliphatic heterocycles. The summed E-state index contributed by atoms with van der Waals surface area (Å²) in [6.45, 7) is 9.01. The Morgan fingerprint density at radius 3 is 2.44 bits per heavy atom. The molecule has 0 spiro atoms. The molecule has 0 bridgehead atoms. The molecule has 0 unspecified atom stereocenters. The maximum Gasteiger partial charge on any atom is 0.261 e. The zero-order valence-corrected chi connectivity index (χ0v) is 21.2. The number of carbonyl (C=O) groups excluding carboxylic acids is 3. The van der Waals surface area contributed by atoms with Gasteiger partial charge in [-0.15, -0.1) is 0 Å². The van der Waals surface area contributed by atoms with Crippen molar-refractivity contribution in [2.24, 2.45) is 11.8 Å². The summed E-state index contributed by atoms with van der Waals surface area (Å²) in [6, 6.07) is 13.0. The van der Waals surface area contributed by atoms with Crippen LogP contribution in [-0.4, -0.2) is 59.9 Å². The summed E-state index contributed by atoms with van der Waals surface area (Å²) < 4.78 is 5.60. The Bertz CT molecular complexity index is 1150. The molecule has 0 aromatic heterocycles. The van der Waals surface area contributed by atoms with E-state index < -0.39 is 0 Å². The monoisotopic (exact) mass is 489 g/mol. The molecule has 3 heterocycles. The number of nitrogens with zero attached hydrogens (tertiary/aromatic N) is 2. The Balaban J connectivity index is 1.24. The number of hydrogen-bond donors (Lipinski definition) is 1. The minimum absolute atomic E-state index is 0.105. The molecule has 7 nitrogen and oxygen atoms in total. The van der Waals surface area contributed by atoms with Gasteiger partial charge < -0.3 is 10.1 Å². The van der Waals surface area contributed by atoms with Gasteiger partial charge in [-0.05, 0) is 60.4 Å². The molecular weight excluding hydrogens is 454 g/mol. The Labute approximate surface area is 212 Å². The van der Waals surface area contributed by atoms with E-state index in [1.165, 1.54) is 16.9 Å². The van der Waals surface area contributed by atoms with Gasteiger partial charge in [0.2, 0.25) is 0 Å². The van der Waals surface area contributed by atoms with E-state index in [9.17, 15) is 14.4 Å². The summed E-state index contributed by atoms with van der Waals surface area (Å²) in [5.41, 5.74) is 3.33. The average molecular weight is 490 g/mol. The van der Waals surface area contributed by atoms with E-state index in [4.69, 9.17) is 4.74 Å². The highest BCUT2D eigenvalue weighted by molar-refractivity contribution is 6.22. The van der Waals surface area contributed by atoms with E-state index in [-0.39, 0.29) is 30.4 Å². The van der Waals surface area contributed by atoms with Crippen LogP contribution < -0.4 is 5.32 Å². The molecule has 2 aromatic rings. The second kappa shape index (κ2) is 10.5. The van der Waals surface area contributed by atoms with Crippen LogP contribution in [0.1, 0.15) is 75.3 Å². The van der Waals surface area contributed by atoms with Crippen LogP contribution in [0, 0.1) is 11.8 Å². The van der Waals surface area contributed by atoms with Gasteiger partial charge in [0.05, 0.1) is 23.8 Å². The summed E-state index contributed by atoms with van der Waals surface area (Å²) in [4.78, 5) is 42.5. The molecule has 2 saturated heterocycles. The predicted molar refractivity (Wildman–Crippen MR) is 137 cm³/mol. The first-order chi connectivity index (χ1) is 17.4. The van der Waals surface area contributed by atoms with Gasteiger partial charge in [-0.3, -0.25) is 24.2 Å². The average Bonchev–Trinajstić information content (AvgIpc) is 3.45. The van der Waals surface area contributed by atoms with Gasteiger partial charge in [-0.1, -0.05) is 38.1 Å². The third kappa shape index (κ3) is 5.22. The molecule has 0 radical (unpaired) electrons. The van der Waals surface area contributed by atoms with Gasteiger partial charge in [0.1, 0.15) is 0 Å². The fourth-order valence-corrected chi connectivity index (χ4v) is 5.91. The Morgan fingerprint density at radius 2 is 1.72 bits per heavy atom. The lowest BCUT2D eigenvalue weighted by atomic mass is 9.91. The number of nitrogens with one attached hydrogen (secondary N) is 1. The number of benzene rings is 2. The smallest absolute Gasteiger partial charge is 0.261 e. The molecule has 2 aromatic carbocycles. The lowest BCUT2D eigenvalue weighted by Gasteiger charge is -2.35. The van der Waals surface area contributed by atoms with Crippen LogP contribution in [0.15, 0.2) is 42.5 Å². The lowest BCUT2D eigenvalue weighted by molar-refractivity contribution is 0.0475. The first kappa shape index (κ1) is 24.7. The number of amides is 3. The van der Waals surface area contributed by atoms with Crippen LogP contribution in [0.3, 0.4) is 0 Å². The Hall–Kier alpha value is -3.03. The van der Waals surface area contributed by atoms with Crippen molar-refractivity contribution < 1.29 is 19.1 Å². The zero-order chi connectivity index (χ0) is 25.2. The van der Waals surface area contributed by atoms with Crippen molar-refractivity contribution in [3.8, 4) is 0 Å². The number of likely N-dealkylation sites (tertiary alicyclic amines) is 1. The van der Waals surface area contributed by atoms with Gasteiger partial charge in [-0.25, -0.2) is 0 Å². The number of ether oxygens (including phenoxy) is 1. The Kier molecular flexibility index (Phi) is 7.21. The van der Waals surface area contributed by atoms with Crippen LogP contribution in [-0.2, 0) is 17.8 Å². The first-order valence-corrected chi connectivity index (χ1v) is 13.1. The summed E-state index contributed by atoms with van der Waals surface area (Å²) in [5, 5.41) is 3.01. The van der Waals surface area contributed by atoms with Crippen molar-refractivity contribution in [2.45, 2.75) is 52.3 Å². The van der Waals surface area contributed by atoms with Gasteiger partial charge in [0.25, 0.3) is 17.7 Å². The van der Waals surface area contributed by atoms with Gasteiger partial charge in [-0.2, -0.15) is 0 Å². The van der Waals surface area contributed by atoms with E-state index in [1.807, 2.05) is 12.1 Å². The highest BCUT2D eigenvalue weighted by atomic mass is 16.5. The number of hydrogen-bond acceptors (Lipinski definition) is 5. The molecule has 0 saturated carbocycles. The number of rotatable bonds is 7. The van der Waals surface area contributed by atoms with Crippen molar-refractivity contribution >= 4 is 17.7 Å². The summed E-state index contributed by atoms with van der Waals surface area (Å²) in [5.74, 6) is 0.460. The molecule has 3 amide bonds. The molecule has 5 rings (SSSR count). The number of carbonyl (C=O) groups is 3. The molecule has 0 aliphatic carbocycles. The van der Waals surface area contributed by atoms with Crippen molar-refractivity contribution in [3.05, 3.63) is 70.3 Å². The summed E-state index contributed by atoms with van der Waals surface area (Å²) >= 11 is 0. The highest BCUT2D eigenvalue weighted by Crippen LogP contribution is 2.27. The van der Waals surface area contributed by atoms with Crippen LogP contribution in [0.5, 0.6) is 0 Å². The fourth-order valence-electron chi connectivity index (χ4n) is 5.91. The molecule has 2 fully saturated rings. The highest BCUT2D eigenvalue weighted by Gasteiger charge is 2.38. The topological polar surface area (TPSA) is 79.0 Å². The minimum atomic E-state index is -0.351. The number of imide groups is 1. The molecule has 190 valence electrons. The minimum Gasteiger partial charge on any atom is -0.376 e. The van der Waals surface area contributed by atoms with Gasteiger partial charge in [0.15, 0.2) is 0 Å². The van der Waals surface area contributed by atoms with Crippen LogP contribution in [0.2, 0.25) is 0 Å². The zero-order valence-electron chi connectivity index (χ0n) is 21.2. The molecule has 7 heteroatoms. The second-order valence-electron chi connectivity index (χ2n) is 10.7. The molecule has 3 atom stereocenters. The summed E-state index contributed by atoms with van der Waals surface area (Å²) in [6.07, 6.45) is 2.96. The van der Waals surface area contributed by atoms with Crippen LogP contribution >= 0.6 is 0 Å². The van der Waals surface area contributed by atoms with E-state index in [0.29, 0.717) is 41.7 Å². The van der Waals surface area contributed by atoms with E-state index in [2.05, 4.69) is 36.2 Å². The molecule has 3 aliphatic rings. The fraction of sp³-hybridized carbons (Fsp3) is 0.483. The number of fused-ring (bicyclic) bond motifs is 1. The van der Waals surface area contributed by atoms with Crippen molar-refractivity contribution in [2.75, 3.05) is 26.2 Å². The largest absolute Gasteiger partial charge is 0.376 e. The predicted octanol–water partition coefficient (Wildman–Crippen LogP) is 3.87. The SMILES string of the molecule is C[C@@H]1C[C@@H](C)CN(Cc2ccccc2CNC(=O)c2ccc3c(c2)C(=O)N(C[C@H]2CCCO2)C3=O)C1. The maximum absolute atomic E-state index is 13.0. The van der Waals surface area contributed by atoms with Crippen molar-refractivity contribution in [1.82, 2.24) is 15.1 Å². The van der Waals surface area contributed by atoms with E-state index >= 15 is 0 Å². The third-order valence-corrected chi connectivity index (χ3v) is 7.54. The van der Waals surface area contributed by atoms with E-state index in [0.717, 1.165) is 38.0 Å². The van der Waals surface area contributed by atoms with Crippen LogP contribution in [0.25, 0.3) is 0 Å². The van der Waals surface area contributed by atoms with Gasteiger partial charge in [0, 0.05) is 38.3 Å². The maximum atomic E-state index is 13.0. The normalized spacial score (nSPS) is 24.3. The quantitative estimate of drug-likeness (QED) is 0.598. The van der Waals surface area contributed by atoms with Crippen LogP contribution in [0.4, 0.5) is 0 Å². The molecule has 36 heavy (non-hydrogen) atoms. The molecule has 1 N–H and O–H groups in total. The van der Waals surface area contributed by atoms with Crippen molar-refractivity contribution in [3.63, 3.8) is 0 Å². The lowest BCUT2D eigenvalue weighted by Crippen LogP contribution is -2.38.